The molecule has 1 N–H and O–H groups in total. The molecule has 0 aromatic heterocycles. The maximum Gasteiger partial charge on any atom is 0.319 e. The second kappa shape index (κ2) is 3.34. The largest absolute Gasteiger partial charge is 0.480 e. The minimum Gasteiger partial charge on any atom is -0.480 e. The third-order valence-corrected chi connectivity index (χ3v) is 6.23. The Kier molecular flexibility index (Phi) is 3.03. The molecule has 0 radical (unpaired) electrons. The lowest BCUT2D eigenvalue weighted by Crippen LogP contribution is -2.33. The van der Waals surface area contributed by atoms with Crippen LogP contribution < -0.4 is 0 Å². The molecule has 0 aromatic rings. The van der Waals surface area contributed by atoms with Crippen molar-refractivity contribution in [2.75, 3.05) is 0 Å². The van der Waals surface area contributed by atoms with Gasteiger partial charge in [-0.05, 0) is 18.8 Å². The van der Waals surface area contributed by atoms with E-state index >= 15 is 0 Å². The Labute approximate surface area is 90.1 Å². The van der Waals surface area contributed by atoms with Crippen molar-refractivity contribution in [1.82, 2.24) is 0 Å². The van der Waals surface area contributed by atoms with Crippen LogP contribution in [0, 0.1) is 5.92 Å². The van der Waals surface area contributed by atoms with Crippen molar-refractivity contribution in [2.24, 2.45) is 5.92 Å². The molecule has 1 fully saturated rings. The number of alkyl halides is 3. The van der Waals surface area contributed by atoms with Gasteiger partial charge >= 0.3 is 5.97 Å². The molecule has 64 valence electrons. The number of hydrogen-bond donors (Lipinski definition) is 1. The van der Waals surface area contributed by atoms with Gasteiger partial charge in [0.2, 0.25) is 0 Å². The van der Waals surface area contributed by atoms with E-state index in [1.807, 2.05) is 0 Å². The molecular formula is C6H7Br3O2. The molecule has 0 aliphatic heterocycles. The molecule has 2 nitrogen and oxygen atoms in total. The van der Waals surface area contributed by atoms with Crippen LogP contribution in [0.25, 0.3) is 0 Å². The minimum atomic E-state index is -0.842. The maximum absolute atomic E-state index is 10.6. The van der Waals surface area contributed by atoms with E-state index in [1.54, 1.807) is 0 Å². The molecule has 0 heterocycles. The smallest absolute Gasteiger partial charge is 0.319 e. The van der Waals surface area contributed by atoms with Crippen LogP contribution in [0.4, 0.5) is 0 Å². The zero-order valence-corrected chi connectivity index (χ0v) is 10.3. The number of aliphatic carboxylic acids is 1. The van der Waals surface area contributed by atoms with Crippen molar-refractivity contribution in [3.63, 3.8) is 0 Å². The van der Waals surface area contributed by atoms with Gasteiger partial charge in [0, 0.05) is 0 Å². The molecule has 0 amide bonds. The highest BCUT2D eigenvalue weighted by atomic mass is 79.9. The first kappa shape index (κ1) is 9.99. The number of carboxylic acids is 1. The predicted octanol–water partition coefficient (Wildman–Crippen LogP) is 2.73. The Hall–Kier alpha value is 0.910. The van der Waals surface area contributed by atoms with Gasteiger partial charge in [0.25, 0.3) is 0 Å². The highest BCUT2D eigenvalue weighted by Gasteiger charge is 2.49. The Morgan fingerprint density at radius 1 is 1.55 bits per heavy atom. The van der Waals surface area contributed by atoms with E-state index in [2.05, 4.69) is 47.8 Å². The highest BCUT2D eigenvalue weighted by Crippen LogP contribution is 2.53. The van der Waals surface area contributed by atoms with Gasteiger partial charge in [0.15, 0.2) is 0 Å². The Morgan fingerprint density at radius 3 is 2.27 bits per heavy atom. The molecule has 0 saturated heterocycles. The molecule has 1 aliphatic rings. The SMILES string of the molecule is O=C(O)C(Br)C(Br)(Br)C1CC1. The van der Waals surface area contributed by atoms with Crippen LogP contribution in [0.15, 0.2) is 0 Å². The van der Waals surface area contributed by atoms with Gasteiger partial charge in [-0.1, -0.05) is 47.8 Å². The minimum absolute atomic E-state index is 0.433. The molecule has 0 bridgehead atoms. The summed E-state index contributed by atoms with van der Waals surface area (Å²) in [6, 6.07) is 0. The van der Waals surface area contributed by atoms with E-state index in [9.17, 15) is 4.79 Å². The summed E-state index contributed by atoms with van der Waals surface area (Å²) in [6.45, 7) is 0. The summed E-state index contributed by atoms with van der Waals surface area (Å²) in [7, 11) is 0. The van der Waals surface area contributed by atoms with Gasteiger partial charge in [-0.2, -0.15) is 0 Å². The third-order valence-electron chi connectivity index (χ3n) is 1.68. The standard InChI is InChI=1S/C6H7Br3O2/c7-4(5(10)11)6(8,9)3-1-2-3/h3-4H,1-2H2,(H,10,11). The zero-order chi connectivity index (χ0) is 8.65. The third kappa shape index (κ3) is 2.18. The molecule has 1 saturated carbocycles. The first-order chi connectivity index (χ1) is 4.96. The number of rotatable bonds is 3. The maximum atomic E-state index is 10.6. The molecule has 1 rings (SSSR count). The number of halogens is 3. The summed E-state index contributed by atoms with van der Waals surface area (Å²) in [5, 5.41) is 8.69. The zero-order valence-electron chi connectivity index (χ0n) is 5.56. The fourth-order valence-electron chi connectivity index (χ4n) is 0.840. The Balaban J connectivity index is 2.61. The first-order valence-corrected chi connectivity index (χ1v) is 5.71. The molecule has 1 unspecified atom stereocenters. The molecule has 5 heteroatoms. The fourth-order valence-corrected chi connectivity index (χ4v) is 2.52. The van der Waals surface area contributed by atoms with Gasteiger partial charge in [-0.25, -0.2) is 0 Å². The number of carboxylic acid groups (broad SMARTS) is 1. The topological polar surface area (TPSA) is 37.3 Å². The normalized spacial score (nSPS) is 21.4. The number of hydrogen-bond acceptors (Lipinski definition) is 1. The second-order valence-electron chi connectivity index (χ2n) is 2.65. The van der Waals surface area contributed by atoms with E-state index in [1.165, 1.54) is 0 Å². The monoisotopic (exact) mass is 348 g/mol. The average molecular weight is 351 g/mol. The molecule has 11 heavy (non-hydrogen) atoms. The highest BCUT2D eigenvalue weighted by molar-refractivity contribution is 9.26. The van der Waals surface area contributed by atoms with Crippen LogP contribution >= 0.6 is 47.8 Å². The van der Waals surface area contributed by atoms with Crippen molar-refractivity contribution >= 4 is 53.8 Å². The van der Waals surface area contributed by atoms with Crippen LogP contribution in [-0.4, -0.2) is 19.1 Å². The summed E-state index contributed by atoms with van der Waals surface area (Å²) in [5.41, 5.74) is 0. The second-order valence-corrected chi connectivity index (χ2v) is 7.25. The van der Waals surface area contributed by atoms with E-state index in [0.29, 0.717) is 5.92 Å². The average Bonchev–Trinajstić information content (AvgIpc) is 2.66. The van der Waals surface area contributed by atoms with Crippen LogP contribution in [-0.2, 0) is 4.79 Å². The molecule has 0 spiro atoms. The van der Waals surface area contributed by atoms with Gasteiger partial charge in [0.1, 0.15) is 8.06 Å². The first-order valence-electron chi connectivity index (χ1n) is 3.21. The van der Waals surface area contributed by atoms with Crippen molar-refractivity contribution in [3.8, 4) is 0 Å². The van der Waals surface area contributed by atoms with E-state index < -0.39 is 14.0 Å². The Morgan fingerprint density at radius 2 is 2.00 bits per heavy atom. The molecule has 1 atom stereocenters. The lowest BCUT2D eigenvalue weighted by molar-refractivity contribution is -0.136. The van der Waals surface area contributed by atoms with E-state index in [0.717, 1.165) is 12.8 Å². The van der Waals surface area contributed by atoms with Gasteiger partial charge in [-0.15, -0.1) is 0 Å². The summed E-state index contributed by atoms with van der Waals surface area (Å²) >= 11 is 9.84. The quantitative estimate of drug-likeness (QED) is 0.795. The van der Waals surface area contributed by atoms with Gasteiger partial charge in [-0.3, -0.25) is 4.79 Å². The summed E-state index contributed by atoms with van der Waals surface area (Å²) in [6.07, 6.45) is 2.18. The molecule has 1 aliphatic carbocycles. The van der Waals surface area contributed by atoms with Gasteiger partial charge < -0.3 is 5.11 Å². The molecular weight excluding hydrogens is 344 g/mol. The fraction of sp³-hybridized carbons (Fsp3) is 0.833. The lowest BCUT2D eigenvalue weighted by atomic mass is 10.2. The van der Waals surface area contributed by atoms with Gasteiger partial charge in [0.05, 0.1) is 0 Å². The van der Waals surface area contributed by atoms with Crippen molar-refractivity contribution in [3.05, 3.63) is 0 Å². The van der Waals surface area contributed by atoms with Crippen molar-refractivity contribution < 1.29 is 9.90 Å². The lowest BCUT2D eigenvalue weighted by Gasteiger charge is -2.22. The summed E-state index contributed by atoms with van der Waals surface area (Å²) in [4.78, 5) is 10.0. The van der Waals surface area contributed by atoms with Crippen LogP contribution in [0.5, 0.6) is 0 Å². The van der Waals surface area contributed by atoms with E-state index in [-0.39, 0.29) is 0 Å². The van der Waals surface area contributed by atoms with Crippen LogP contribution in [0.1, 0.15) is 12.8 Å². The van der Waals surface area contributed by atoms with Crippen LogP contribution in [0.3, 0.4) is 0 Å². The van der Waals surface area contributed by atoms with Crippen molar-refractivity contribution in [1.29, 1.82) is 0 Å². The predicted molar refractivity (Wildman–Crippen MR) is 53.7 cm³/mol. The summed E-state index contributed by atoms with van der Waals surface area (Å²) < 4.78 is -0.466. The molecule has 0 aromatic carbocycles. The Bertz CT molecular complexity index is 177. The van der Waals surface area contributed by atoms with Crippen LogP contribution in [0.2, 0.25) is 0 Å². The van der Waals surface area contributed by atoms with Crippen molar-refractivity contribution in [2.45, 2.75) is 20.9 Å². The van der Waals surface area contributed by atoms with E-state index in [4.69, 9.17) is 5.11 Å². The summed E-state index contributed by atoms with van der Waals surface area (Å²) in [5.74, 6) is -0.409. The number of carbonyl (C=O) groups is 1.